The number of hydrogen-bond donors (Lipinski definition) is 7. The van der Waals surface area contributed by atoms with Crippen molar-refractivity contribution in [2.24, 2.45) is 57.6 Å². The number of rotatable bonds is 10. The Morgan fingerprint density at radius 2 is 1.75 bits per heavy atom. The zero-order chi connectivity index (χ0) is 50.7. The van der Waals surface area contributed by atoms with E-state index in [0.717, 1.165) is 116 Å². The highest BCUT2D eigenvalue weighted by Gasteiger charge is 2.50. The number of benzene rings is 3. The number of aliphatic hydroxyl groups is 2. The number of aliphatic imine (C=N–C) groups is 1. The summed E-state index contributed by atoms with van der Waals surface area (Å²) in [5.41, 5.74) is 13.8. The summed E-state index contributed by atoms with van der Waals surface area (Å²) in [6.45, 7) is 11.3. The summed E-state index contributed by atoms with van der Waals surface area (Å²) in [5.74, 6) is 5.18. The Bertz CT molecular complexity index is 2400. The predicted octanol–water partition coefficient (Wildman–Crippen LogP) is 11.1. The lowest BCUT2D eigenvalue weighted by molar-refractivity contribution is -0.0176. The number of aromatic hydroxyl groups is 2. The highest BCUT2D eigenvalue weighted by Crippen LogP contribution is 2.58. The van der Waals surface area contributed by atoms with E-state index in [1.165, 1.54) is 31.2 Å². The van der Waals surface area contributed by atoms with E-state index in [9.17, 15) is 20.4 Å². The highest BCUT2D eigenvalue weighted by molar-refractivity contribution is 5.84. The van der Waals surface area contributed by atoms with Crippen LogP contribution in [0.2, 0.25) is 0 Å². The van der Waals surface area contributed by atoms with E-state index >= 15 is 0 Å². The molecule has 12 unspecified atom stereocenters. The number of hydrogen-bond acceptors (Lipinski definition) is 11. The number of nitrogens with two attached hydrogens (primary N) is 1. The van der Waals surface area contributed by atoms with Gasteiger partial charge in [-0.1, -0.05) is 71.6 Å². The van der Waals surface area contributed by atoms with E-state index in [4.69, 9.17) is 24.9 Å². The van der Waals surface area contributed by atoms with Gasteiger partial charge in [0.2, 0.25) is 0 Å². The van der Waals surface area contributed by atoms with Crippen molar-refractivity contribution >= 4 is 5.96 Å². The van der Waals surface area contributed by atoms with Crippen molar-refractivity contribution in [1.82, 2.24) is 10.6 Å². The fourth-order valence-corrected chi connectivity index (χ4v) is 14.9. The quantitative estimate of drug-likeness (QED) is 0.0766. The highest BCUT2D eigenvalue weighted by atomic mass is 16.5. The van der Waals surface area contributed by atoms with Gasteiger partial charge in [-0.15, -0.1) is 0 Å². The van der Waals surface area contributed by atoms with Crippen molar-refractivity contribution < 1.29 is 34.6 Å². The number of aliphatic hydroxyl groups excluding tert-OH is 2. The lowest BCUT2D eigenvalue weighted by Crippen LogP contribution is -2.46. The first-order valence-corrected chi connectivity index (χ1v) is 28.3. The fraction of sp³-hybridized carbons (Fsp3) is 0.656. The van der Waals surface area contributed by atoms with Crippen LogP contribution in [0.15, 0.2) is 53.5 Å². The van der Waals surface area contributed by atoms with E-state index in [0.29, 0.717) is 79.2 Å². The van der Waals surface area contributed by atoms with Crippen molar-refractivity contribution in [2.75, 3.05) is 33.8 Å². The molecule has 394 valence electrons. The number of ether oxygens (including phenoxy) is 3. The largest absolute Gasteiger partial charge is 0.508 e. The Labute approximate surface area is 430 Å². The van der Waals surface area contributed by atoms with Crippen LogP contribution in [0.1, 0.15) is 164 Å². The van der Waals surface area contributed by atoms with Crippen molar-refractivity contribution in [3.8, 4) is 39.9 Å². The number of nitrogens with one attached hydrogen (secondary N) is 2. The van der Waals surface area contributed by atoms with E-state index in [2.05, 4.69) is 56.5 Å². The van der Waals surface area contributed by atoms with Gasteiger partial charge >= 0.3 is 0 Å². The third-order valence-corrected chi connectivity index (χ3v) is 18.4. The molecule has 72 heavy (non-hydrogen) atoms. The normalized spacial score (nSPS) is 31.0. The number of nitrogens with zero attached hydrogens (tertiary/aromatic N) is 1. The summed E-state index contributed by atoms with van der Waals surface area (Å²) >= 11 is 0. The number of fused-ring (bicyclic) bond motifs is 2. The number of unbranched alkanes of at least 4 members (excludes halogenated alkanes) is 2. The molecule has 0 aromatic heterocycles. The van der Waals surface area contributed by atoms with E-state index in [1.54, 1.807) is 13.2 Å². The van der Waals surface area contributed by atoms with Gasteiger partial charge < -0.3 is 51.0 Å². The minimum absolute atomic E-state index is 0.0239. The zero-order valence-corrected chi connectivity index (χ0v) is 44.4. The topological polar surface area (TPSA) is 171 Å². The minimum atomic E-state index is -0.880. The molecule has 3 aromatic carbocycles. The smallest absolute Gasteiger partial charge is 0.188 e. The molecule has 5 aliphatic heterocycles. The molecule has 3 aromatic rings. The molecule has 2 fully saturated rings. The standard InChI is InChI=1S/C61H88N4O7/c1-7-8-9-12-37(4)45-27-40-16-15-39(45)26-44(66)13-11-23-64-60(62)65-24-20-49-53(14-10-21-61(49)22-19-38(34-61)35-63-5)71-55-31-41(17-18-50(55)67)59-52(69)32-48-54(72-59)33-56(70-6)58-47-29-43(25-36(2)3)51(68)30-42(47)28-46(40)57(48)58/h15-18,29-31,33,36-40,44-46,49,52-53,59,63,66-69H,7-14,19-28,32,34-35H2,1-6H3,(H3,62,64,65). The minimum Gasteiger partial charge on any atom is -0.508 e. The Hall–Kier alpha value is -4.45. The molecule has 9 aliphatic rings. The second kappa shape index (κ2) is 23.0. The van der Waals surface area contributed by atoms with Crippen molar-refractivity contribution in [1.29, 1.82) is 0 Å². The monoisotopic (exact) mass is 989 g/mol. The molecule has 12 rings (SSSR count). The van der Waals surface area contributed by atoms with Gasteiger partial charge in [0.1, 0.15) is 29.5 Å². The van der Waals surface area contributed by atoms with Crippen LogP contribution in [0.4, 0.5) is 0 Å². The number of phenolic OH excluding ortho intramolecular Hbond substituents is 2. The van der Waals surface area contributed by atoms with Crippen LogP contribution in [-0.4, -0.2) is 78.5 Å². The molecular weight excluding hydrogens is 901 g/mol. The average molecular weight is 989 g/mol. The molecule has 1 spiro atoms. The number of phenols is 2. The molecular formula is C61H88N4O7. The number of guanidine groups is 1. The molecule has 11 nitrogen and oxygen atoms in total. The Morgan fingerprint density at radius 3 is 2.54 bits per heavy atom. The maximum Gasteiger partial charge on any atom is 0.188 e. The van der Waals surface area contributed by atoms with Gasteiger partial charge in [0, 0.05) is 42.6 Å². The van der Waals surface area contributed by atoms with Crippen molar-refractivity contribution in [3.63, 3.8) is 0 Å². The molecule has 4 aliphatic carbocycles. The third-order valence-electron chi connectivity index (χ3n) is 18.4. The predicted molar refractivity (Wildman–Crippen MR) is 288 cm³/mol. The van der Waals surface area contributed by atoms with Gasteiger partial charge in [-0.3, -0.25) is 4.99 Å². The molecule has 12 atom stereocenters. The Balaban J connectivity index is 1.13. The summed E-state index contributed by atoms with van der Waals surface area (Å²) in [6.07, 6.45) is 19.8. The van der Waals surface area contributed by atoms with Crippen molar-refractivity contribution in [3.05, 3.63) is 76.4 Å². The fourth-order valence-electron chi connectivity index (χ4n) is 14.9. The maximum atomic E-state index is 12.5. The summed E-state index contributed by atoms with van der Waals surface area (Å²) < 4.78 is 20.5. The van der Waals surface area contributed by atoms with Crippen LogP contribution in [-0.2, 0) is 19.3 Å². The van der Waals surface area contributed by atoms with E-state index in [-0.39, 0.29) is 40.9 Å². The maximum absolute atomic E-state index is 12.5. The van der Waals surface area contributed by atoms with E-state index in [1.807, 2.05) is 31.3 Å². The second-order valence-corrected chi connectivity index (χ2v) is 23.7. The van der Waals surface area contributed by atoms with Gasteiger partial charge in [0.25, 0.3) is 0 Å². The summed E-state index contributed by atoms with van der Waals surface area (Å²) in [4.78, 5) is 4.74. The number of allylic oxidation sites excluding steroid dienone is 2. The van der Waals surface area contributed by atoms with Gasteiger partial charge in [0.05, 0.1) is 19.3 Å². The summed E-state index contributed by atoms with van der Waals surface area (Å²) in [7, 11) is 3.78. The lowest BCUT2D eigenvalue weighted by atomic mass is 9.62. The molecule has 11 heteroatoms. The Morgan fingerprint density at radius 1 is 0.917 bits per heavy atom. The molecule has 0 radical (unpaired) electrons. The lowest BCUT2D eigenvalue weighted by Gasteiger charge is -2.46. The van der Waals surface area contributed by atoms with Gasteiger partial charge in [0.15, 0.2) is 17.5 Å². The molecule has 0 saturated heterocycles. The molecule has 5 heterocycles. The Kier molecular flexibility index (Phi) is 16.7. The average Bonchev–Trinajstić information content (AvgIpc) is 3.75. The van der Waals surface area contributed by atoms with Gasteiger partial charge in [-0.25, -0.2) is 0 Å². The number of methoxy groups -OCH3 is 1. The van der Waals surface area contributed by atoms with Crippen LogP contribution in [0.5, 0.6) is 28.7 Å². The third kappa shape index (κ3) is 11.1. The van der Waals surface area contributed by atoms with Crippen molar-refractivity contribution in [2.45, 2.75) is 174 Å². The summed E-state index contributed by atoms with van der Waals surface area (Å²) in [6, 6.07) is 11.7. The first-order valence-electron chi connectivity index (χ1n) is 28.3. The van der Waals surface area contributed by atoms with Crippen LogP contribution in [0, 0.1) is 46.8 Å². The zero-order valence-electron chi connectivity index (χ0n) is 44.4. The molecule has 0 amide bonds. The SMILES string of the molecule is CCCCCC(C)C1CC2C=CC1CC(O)CCCN=C(N)NCCC1C(CCCC13CCC(CNC)C3)Oc1cc(ccc1O)C1Oc3cc(OC)c4c(c3CC1O)C2Cc1cc(O)c(CC(C)C)cc1-4. The molecule has 8 N–H and O–H groups in total. The second-order valence-electron chi connectivity index (χ2n) is 23.7. The van der Waals surface area contributed by atoms with E-state index < -0.39 is 18.3 Å². The van der Waals surface area contributed by atoms with Gasteiger partial charge in [-0.2, -0.15) is 0 Å². The molecule has 2 saturated carbocycles. The first kappa shape index (κ1) is 52.4. The summed E-state index contributed by atoms with van der Waals surface area (Å²) in [5, 5.41) is 54.1. The van der Waals surface area contributed by atoms with Crippen LogP contribution in [0.25, 0.3) is 11.1 Å². The first-order chi connectivity index (χ1) is 34.8. The van der Waals surface area contributed by atoms with Crippen LogP contribution >= 0.6 is 0 Å². The van der Waals surface area contributed by atoms with Gasteiger partial charge in [-0.05, 0) is 196 Å². The van der Waals surface area contributed by atoms with Crippen LogP contribution in [0.3, 0.4) is 0 Å². The molecule has 8 bridgehead atoms. The van der Waals surface area contributed by atoms with Crippen LogP contribution < -0.4 is 30.6 Å².